The van der Waals surface area contributed by atoms with E-state index in [0.717, 1.165) is 5.56 Å². The van der Waals surface area contributed by atoms with Crippen LogP contribution in [0.25, 0.3) is 0 Å². The summed E-state index contributed by atoms with van der Waals surface area (Å²) in [6, 6.07) is 10.6. The highest BCUT2D eigenvalue weighted by Gasteiger charge is 2.05. The van der Waals surface area contributed by atoms with Gasteiger partial charge in [-0.1, -0.05) is 40.9 Å². The summed E-state index contributed by atoms with van der Waals surface area (Å²) < 4.78 is 5.68. The van der Waals surface area contributed by atoms with Crippen LogP contribution in [0, 0.1) is 0 Å². The Morgan fingerprint density at radius 1 is 0.947 bits per heavy atom. The van der Waals surface area contributed by atoms with Gasteiger partial charge in [0, 0.05) is 21.6 Å². The zero-order valence-corrected chi connectivity index (χ0v) is 12.5. The lowest BCUT2D eigenvalue weighted by Crippen LogP contribution is -2.05. The van der Waals surface area contributed by atoms with Gasteiger partial charge in [-0.3, -0.25) is 0 Å². The summed E-state index contributed by atoms with van der Waals surface area (Å²) in [5.74, 6) is 1.22. The van der Waals surface area contributed by atoms with Gasteiger partial charge >= 0.3 is 0 Å². The molecule has 0 atom stereocenters. The van der Waals surface area contributed by atoms with Gasteiger partial charge in [0.15, 0.2) is 0 Å². The van der Waals surface area contributed by atoms with Crippen molar-refractivity contribution in [2.75, 3.05) is 7.05 Å². The van der Waals surface area contributed by atoms with E-state index in [2.05, 4.69) is 5.32 Å². The maximum absolute atomic E-state index is 6.16. The van der Waals surface area contributed by atoms with Crippen molar-refractivity contribution < 1.29 is 4.74 Å². The number of rotatable bonds is 4. The summed E-state index contributed by atoms with van der Waals surface area (Å²) in [4.78, 5) is 0. The van der Waals surface area contributed by atoms with Crippen LogP contribution in [0.5, 0.6) is 11.5 Å². The molecule has 0 aliphatic rings. The van der Waals surface area contributed by atoms with Crippen LogP contribution in [-0.2, 0) is 6.54 Å². The van der Waals surface area contributed by atoms with Crippen LogP contribution in [0.15, 0.2) is 36.4 Å². The molecule has 2 aromatic carbocycles. The van der Waals surface area contributed by atoms with Crippen LogP contribution in [0.2, 0.25) is 15.1 Å². The predicted molar refractivity (Wildman–Crippen MR) is 80.8 cm³/mol. The van der Waals surface area contributed by atoms with E-state index in [0.29, 0.717) is 33.1 Å². The Hall–Kier alpha value is -0.930. The lowest BCUT2D eigenvalue weighted by Gasteiger charge is -2.09. The van der Waals surface area contributed by atoms with Gasteiger partial charge in [-0.15, -0.1) is 0 Å². The van der Waals surface area contributed by atoms with Gasteiger partial charge in [-0.05, 0) is 42.9 Å². The Bertz CT molecular complexity index is 567. The molecule has 0 fully saturated rings. The Morgan fingerprint density at radius 2 is 1.63 bits per heavy atom. The number of halogens is 3. The molecule has 0 unspecified atom stereocenters. The van der Waals surface area contributed by atoms with Crippen molar-refractivity contribution >= 4 is 34.8 Å². The fourth-order valence-electron chi connectivity index (χ4n) is 1.65. The average molecular weight is 317 g/mol. The monoisotopic (exact) mass is 315 g/mol. The van der Waals surface area contributed by atoms with E-state index < -0.39 is 0 Å². The van der Waals surface area contributed by atoms with Crippen LogP contribution in [-0.4, -0.2) is 7.05 Å². The number of benzene rings is 2. The standard InChI is InChI=1S/C14H12Cl3NO/c1-18-8-9-2-3-12(7-14(9)17)19-13-5-10(15)4-11(16)6-13/h2-7,18H,8H2,1H3. The van der Waals surface area contributed by atoms with E-state index in [1.54, 1.807) is 24.3 Å². The summed E-state index contributed by atoms with van der Waals surface area (Å²) in [5, 5.41) is 4.76. The van der Waals surface area contributed by atoms with Gasteiger partial charge < -0.3 is 10.1 Å². The molecule has 1 N–H and O–H groups in total. The van der Waals surface area contributed by atoms with E-state index in [4.69, 9.17) is 39.5 Å². The minimum absolute atomic E-state index is 0.528. The summed E-state index contributed by atoms with van der Waals surface area (Å²) in [5.41, 5.74) is 1.01. The van der Waals surface area contributed by atoms with Crippen molar-refractivity contribution in [2.45, 2.75) is 6.54 Å². The minimum atomic E-state index is 0.528. The fourth-order valence-corrected chi connectivity index (χ4v) is 2.39. The lowest BCUT2D eigenvalue weighted by molar-refractivity contribution is 0.482. The van der Waals surface area contributed by atoms with Gasteiger partial charge in [0.2, 0.25) is 0 Å². The van der Waals surface area contributed by atoms with E-state index in [9.17, 15) is 0 Å². The maximum Gasteiger partial charge on any atom is 0.130 e. The van der Waals surface area contributed by atoms with Gasteiger partial charge in [0.1, 0.15) is 11.5 Å². The topological polar surface area (TPSA) is 21.3 Å². The van der Waals surface area contributed by atoms with Crippen LogP contribution >= 0.6 is 34.8 Å². The summed E-state index contributed by atoms with van der Waals surface area (Å²) in [6.45, 7) is 0.710. The molecule has 0 radical (unpaired) electrons. The van der Waals surface area contributed by atoms with E-state index in [-0.39, 0.29) is 0 Å². The molecule has 0 heterocycles. The third-order valence-corrected chi connectivity index (χ3v) is 3.25. The SMILES string of the molecule is CNCc1ccc(Oc2cc(Cl)cc(Cl)c2)cc1Cl. The summed E-state index contributed by atoms with van der Waals surface area (Å²) in [7, 11) is 1.87. The molecule has 0 saturated carbocycles. The lowest BCUT2D eigenvalue weighted by atomic mass is 10.2. The highest BCUT2D eigenvalue weighted by Crippen LogP contribution is 2.30. The largest absolute Gasteiger partial charge is 0.457 e. The molecule has 19 heavy (non-hydrogen) atoms. The average Bonchev–Trinajstić information content (AvgIpc) is 2.31. The first-order chi connectivity index (χ1) is 9.08. The third kappa shape index (κ3) is 4.02. The number of nitrogens with one attached hydrogen (secondary N) is 1. The molecule has 100 valence electrons. The number of hydrogen-bond acceptors (Lipinski definition) is 2. The first-order valence-electron chi connectivity index (χ1n) is 5.65. The second kappa shape index (κ2) is 6.49. The Kier molecular flexibility index (Phi) is 4.94. The second-order valence-electron chi connectivity index (χ2n) is 3.99. The molecule has 0 aromatic heterocycles. The van der Waals surface area contributed by atoms with Crippen LogP contribution in [0.3, 0.4) is 0 Å². The third-order valence-electron chi connectivity index (χ3n) is 2.46. The smallest absolute Gasteiger partial charge is 0.130 e. The van der Waals surface area contributed by atoms with Crippen LogP contribution in [0.1, 0.15) is 5.56 Å². The minimum Gasteiger partial charge on any atom is -0.457 e. The summed E-state index contributed by atoms with van der Waals surface area (Å²) >= 11 is 18.0. The predicted octanol–water partition coefficient (Wildman–Crippen LogP) is 5.16. The maximum atomic E-state index is 6.16. The van der Waals surface area contributed by atoms with Crippen molar-refractivity contribution in [1.82, 2.24) is 5.32 Å². The first kappa shape index (κ1) is 14.5. The van der Waals surface area contributed by atoms with E-state index >= 15 is 0 Å². The first-order valence-corrected chi connectivity index (χ1v) is 6.79. The van der Waals surface area contributed by atoms with Gasteiger partial charge in [0.05, 0.1) is 0 Å². The second-order valence-corrected chi connectivity index (χ2v) is 5.27. The van der Waals surface area contributed by atoms with Crippen LogP contribution < -0.4 is 10.1 Å². The Balaban J connectivity index is 2.21. The van der Waals surface area contributed by atoms with Crippen molar-refractivity contribution in [3.63, 3.8) is 0 Å². The van der Waals surface area contributed by atoms with Gasteiger partial charge in [0.25, 0.3) is 0 Å². The van der Waals surface area contributed by atoms with Crippen LogP contribution in [0.4, 0.5) is 0 Å². The Labute approximate surface area is 127 Å². The molecule has 2 nitrogen and oxygen atoms in total. The number of hydrogen-bond donors (Lipinski definition) is 1. The van der Waals surface area contributed by atoms with Gasteiger partial charge in [-0.2, -0.15) is 0 Å². The fraction of sp³-hybridized carbons (Fsp3) is 0.143. The van der Waals surface area contributed by atoms with E-state index in [1.165, 1.54) is 0 Å². The van der Waals surface area contributed by atoms with Crippen molar-refractivity contribution in [3.05, 3.63) is 57.0 Å². The summed E-state index contributed by atoms with van der Waals surface area (Å²) in [6.07, 6.45) is 0. The van der Waals surface area contributed by atoms with Crippen molar-refractivity contribution in [1.29, 1.82) is 0 Å². The van der Waals surface area contributed by atoms with Crippen molar-refractivity contribution in [3.8, 4) is 11.5 Å². The highest BCUT2D eigenvalue weighted by atomic mass is 35.5. The molecule has 0 saturated heterocycles. The molecular formula is C14H12Cl3NO. The molecule has 0 amide bonds. The Morgan fingerprint density at radius 3 is 2.21 bits per heavy atom. The molecule has 0 spiro atoms. The van der Waals surface area contributed by atoms with Gasteiger partial charge in [-0.25, -0.2) is 0 Å². The molecule has 5 heteroatoms. The molecule has 2 rings (SSSR count). The normalized spacial score (nSPS) is 10.5. The number of ether oxygens (including phenoxy) is 1. The van der Waals surface area contributed by atoms with E-state index in [1.807, 2.05) is 19.2 Å². The molecular weight excluding hydrogens is 305 g/mol. The zero-order valence-electron chi connectivity index (χ0n) is 10.2. The zero-order chi connectivity index (χ0) is 13.8. The van der Waals surface area contributed by atoms with Crippen molar-refractivity contribution in [2.24, 2.45) is 0 Å². The molecule has 0 aliphatic carbocycles. The quantitative estimate of drug-likeness (QED) is 0.841. The molecule has 0 bridgehead atoms. The molecule has 0 aliphatic heterocycles. The molecule has 2 aromatic rings. The highest BCUT2D eigenvalue weighted by molar-refractivity contribution is 6.34.